The fourth-order valence-electron chi connectivity index (χ4n) is 2.38. The van der Waals surface area contributed by atoms with Crippen molar-refractivity contribution >= 4 is 0 Å². The molecule has 0 aromatic rings. The molecule has 0 fully saturated rings. The first kappa shape index (κ1) is 16.9. The van der Waals surface area contributed by atoms with E-state index >= 15 is 0 Å². The predicted molar refractivity (Wildman–Crippen MR) is 70.9 cm³/mol. The van der Waals surface area contributed by atoms with Crippen molar-refractivity contribution < 1.29 is 14.2 Å². The minimum atomic E-state index is -0.862. The van der Waals surface area contributed by atoms with Gasteiger partial charge in [-0.15, -0.1) is 0 Å². The molecule has 0 aliphatic rings. The Hall–Kier alpha value is -0.120. The number of hydrogen-bond acceptors (Lipinski definition) is 3. The highest BCUT2D eigenvalue weighted by Crippen LogP contribution is 2.30. The van der Waals surface area contributed by atoms with Gasteiger partial charge in [-0.05, 0) is 12.8 Å². The van der Waals surface area contributed by atoms with Crippen LogP contribution < -0.4 is 0 Å². The smallest absolute Gasteiger partial charge is 0.285 e. The molecule has 0 heterocycles. The number of methoxy groups -OCH3 is 3. The van der Waals surface area contributed by atoms with E-state index in [-0.39, 0.29) is 0 Å². The van der Waals surface area contributed by atoms with E-state index in [2.05, 4.69) is 13.8 Å². The maximum absolute atomic E-state index is 5.42. The normalized spacial score (nSPS) is 13.9. The summed E-state index contributed by atoms with van der Waals surface area (Å²) in [5.41, 5.74) is 0. The molecule has 1 atom stereocenters. The van der Waals surface area contributed by atoms with Crippen LogP contribution in [0.5, 0.6) is 0 Å². The van der Waals surface area contributed by atoms with Crippen molar-refractivity contribution in [1.82, 2.24) is 0 Å². The Morgan fingerprint density at radius 2 is 1.35 bits per heavy atom. The van der Waals surface area contributed by atoms with E-state index in [4.69, 9.17) is 14.2 Å². The third kappa shape index (κ3) is 5.36. The Balaban J connectivity index is 4.11. The van der Waals surface area contributed by atoms with E-state index in [9.17, 15) is 0 Å². The van der Waals surface area contributed by atoms with Gasteiger partial charge in [-0.1, -0.05) is 46.0 Å². The molecule has 0 radical (unpaired) electrons. The summed E-state index contributed by atoms with van der Waals surface area (Å²) < 4.78 is 16.3. The topological polar surface area (TPSA) is 27.7 Å². The van der Waals surface area contributed by atoms with Crippen LogP contribution in [0.3, 0.4) is 0 Å². The fraction of sp³-hybridized carbons (Fsp3) is 1.00. The van der Waals surface area contributed by atoms with E-state index in [0.717, 1.165) is 12.8 Å². The van der Waals surface area contributed by atoms with Gasteiger partial charge in [-0.25, -0.2) is 0 Å². The lowest BCUT2D eigenvalue weighted by Crippen LogP contribution is -2.43. The summed E-state index contributed by atoms with van der Waals surface area (Å²) in [4.78, 5) is 0. The lowest BCUT2D eigenvalue weighted by atomic mass is 9.95. The minimum absolute atomic E-state index is 0.295. The van der Waals surface area contributed by atoms with E-state index in [1.165, 1.54) is 32.1 Å². The first-order valence-corrected chi connectivity index (χ1v) is 6.86. The molecule has 0 aromatic carbocycles. The second-order valence-electron chi connectivity index (χ2n) is 4.52. The van der Waals surface area contributed by atoms with Crippen LogP contribution in [0.1, 0.15) is 58.8 Å². The van der Waals surface area contributed by atoms with E-state index < -0.39 is 5.97 Å². The third-order valence-electron chi connectivity index (χ3n) is 3.50. The molecular weight excluding hydrogens is 216 g/mol. The Morgan fingerprint density at radius 3 is 1.76 bits per heavy atom. The lowest BCUT2D eigenvalue weighted by Gasteiger charge is -2.36. The third-order valence-corrected chi connectivity index (χ3v) is 3.50. The number of ether oxygens (including phenoxy) is 3. The van der Waals surface area contributed by atoms with Crippen LogP contribution in [-0.4, -0.2) is 27.3 Å². The molecule has 1 unspecified atom stereocenters. The zero-order valence-corrected chi connectivity index (χ0v) is 12.3. The van der Waals surface area contributed by atoms with E-state index in [1.807, 2.05) is 0 Å². The largest absolute Gasteiger partial charge is 0.331 e. The quantitative estimate of drug-likeness (QED) is 0.408. The van der Waals surface area contributed by atoms with Crippen LogP contribution in [0.2, 0.25) is 0 Å². The van der Waals surface area contributed by atoms with Crippen molar-refractivity contribution in [1.29, 1.82) is 0 Å². The second kappa shape index (κ2) is 9.86. The van der Waals surface area contributed by atoms with Crippen molar-refractivity contribution in [3.8, 4) is 0 Å². The van der Waals surface area contributed by atoms with Gasteiger partial charge in [0.15, 0.2) is 0 Å². The van der Waals surface area contributed by atoms with Gasteiger partial charge in [0.25, 0.3) is 5.97 Å². The maximum atomic E-state index is 5.42. The van der Waals surface area contributed by atoms with Crippen molar-refractivity contribution in [3.05, 3.63) is 0 Å². The summed E-state index contributed by atoms with van der Waals surface area (Å²) in [6.07, 6.45) is 8.55. The van der Waals surface area contributed by atoms with Crippen molar-refractivity contribution in [2.75, 3.05) is 21.3 Å². The molecule has 0 aliphatic carbocycles. The molecule has 0 aromatic heterocycles. The monoisotopic (exact) mass is 246 g/mol. The van der Waals surface area contributed by atoms with Gasteiger partial charge in [0.1, 0.15) is 0 Å². The average Bonchev–Trinajstić information content (AvgIpc) is 2.38. The zero-order chi connectivity index (χ0) is 13.1. The summed E-state index contributed by atoms with van der Waals surface area (Å²) >= 11 is 0. The molecule has 3 heteroatoms. The number of rotatable bonds is 11. The minimum Gasteiger partial charge on any atom is -0.331 e. The standard InChI is InChI=1S/C14H30O3/c1-6-8-9-10-11-12-13(7-2)14(15-3,16-4)17-5/h13H,6-12H2,1-5H3. The molecule has 17 heavy (non-hydrogen) atoms. The van der Waals surface area contributed by atoms with Crippen LogP contribution in [-0.2, 0) is 14.2 Å². The molecule has 0 amide bonds. The molecule has 0 spiro atoms. The van der Waals surface area contributed by atoms with Crippen LogP contribution in [0, 0.1) is 5.92 Å². The fourth-order valence-corrected chi connectivity index (χ4v) is 2.38. The Morgan fingerprint density at radius 1 is 0.824 bits per heavy atom. The Bertz CT molecular complexity index is 159. The highest BCUT2D eigenvalue weighted by atomic mass is 16.9. The molecule has 0 saturated carbocycles. The Labute approximate surface area is 107 Å². The highest BCUT2D eigenvalue weighted by Gasteiger charge is 2.38. The van der Waals surface area contributed by atoms with Crippen molar-refractivity contribution in [2.24, 2.45) is 5.92 Å². The maximum Gasteiger partial charge on any atom is 0.285 e. The summed E-state index contributed by atoms with van der Waals surface area (Å²) in [5.74, 6) is -0.566. The lowest BCUT2D eigenvalue weighted by molar-refractivity contribution is -0.380. The highest BCUT2D eigenvalue weighted by molar-refractivity contribution is 4.69. The Kier molecular flexibility index (Phi) is 9.79. The molecule has 0 bridgehead atoms. The number of hydrogen-bond donors (Lipinski definition) is 0. The number of unbranched alkanes of at least 4 members (excludes halogenated alkanes) is 4. The average molecular weight is 246 g/mol. The van der Waals surface area contributed by atoms with Gasteiger partial charge in [0.2, 0.25) is 0 Å². The van der Waals surface area contributed by atoms with Gasteiger partial charge in [0.05, 0.1) is 0 Å². The van der Waals surface area contributed by atoms with Gasteiger partial charge in [0, 0.05) is 27.2 Å². The van der Waals surface area contributed by atoms with Crippen LogP contribution in [0.25, 0.3) is 0 Å². The van der Waals surface area contributed by atoms with E-state index in [1.54, 1.807) is 21.3 Å². The molecule has 0 aliphatic heterocycles. The molecule has 0 saturated heterocycles. The summed E-state index contributed by atoms with van der Waals surface area (Å²) in [5, 5.41) is 0. The molecule has 0 N–H and O–H groups in total. The van der Waals surface area contributed by atoms with Crippen LogP contribution in [0.15, 0.2) is 0 Å². The molecule has 3 nitrogen and oxygen atoms in total. The van der Waals surface area contributed by atoms with Crippen molar-refractivity contribution in [2.45, 2.75) is 64.8 Å². The van der Waals surface area contributed by atoms with Gasteiger partial charge < -0.3 is 14.2 Å². The predicted octanol–water partition coefficient (Wildman–Crippen LogP) is 3.97. The summed E-state index contributed by atoms with van der Waals surface area (Å²) in [6, 6.07) is 0. The van der Waals surface area contributed by atoms with Gasteiger partial charge in [-0.2, -0.15) is 0 Å². The van der Waals surface area contributed by atoms with E-state index in [0.29, 0.717) is 5.92 Å². The first-order chi connectivity index (χ1) is 8.20. The molecular formula is C14H30O3. The first-order valence-electron chi connectivity index (χ1n) is 6.86. The second-order valence-corrected chi connectivity index (χ2v) is 4.52. The van der Waals surface area contributed by atoms with Crippen molar-refractivity contribution in [3.63, 3.8) is 0 Å². The molecule has 104 valence electrons. The van der Waals surface area contributed by atoms with Crippen LogP contribution >= 0.6 is 0 Å². The summed E-state index contributed by atoms with van der Waals surface area (Å²) in [6.45, 7) is 4.39. The van der Waals surface area contributed by atoms with Gasteiger partial charge in [-0.3, -0.25) is 0 Å². The zero-order valence-electron chi connectivity index (χ0n) is 12.3. The molecule has 0 rings (SSSR count). The van der Waals surface area contributed by atoms with Crippen LogP contribution in [0.4, 0.5) is 0 Å². The van der Waals surface area contributed by atoms with Gasteiger partial charge >= 0.3 is 0 Å². The SMILES string of the molecule is CCCCCCCC(CC)C(OC)(OC)OC. The summed E-state index contributed by atoms with van der Waals surface area (Å²) in [7, 11) is 4.94.